The first-order chi connectivity index (χ1) is 15.4. The topological polar surface area (TPSA) is 88.9 Å². The lowest BCUT2D eigenvalue weighted by atomic mass is 10.1. The molecule has 9 heteroatoms. The van der Waals surface area contributed by atoms with Gasteiger partial charge in [-0.05, 0) is 57.4 Å². The SMILES string of the molecule is CCn1c(SCC(=O)Nc2cccc(SC)c2)nnc1[C@@H](C)NC(=O)c1ccc(C)cc1. The molecule has 0 unspecified atom stereocenters. The van der Waals surface area contributed by atoms with Crippen molar-refractivity contribution in [3.8, 4) is 0 Å². The number of amides is 2. The van der Waals surface area contributed by atoms with Crippen LogP contribution >= 0.6 is 23.5 Å². The summed E-state index contributed by atoms with van der Waals surface area (Å²) in [6.45, 7) is 6.48. The molecule has 3 aromatic rings. The molecule has 0 saturated heterocycles. The van der Waals surface area contributed by atoms with E-state index in [9.17, 15) is 9.59 Å². The fraction of sp³-hybridized carbons (Fsp3) is 0.304. The summed E-state index contributed by atoms with van der Waals surface area (Å²) in [6, 6.07) is 14.8. The Hall–Kier alpha value is -2.78. The molecule has 1 heterocycles. The molecule has 0 bridgehead atoms. The highest BCUT2D eigenvalue weighted by Gasteiger charge is 2.20. The molecule has 0 radical (unpaired) electrons. The van der Waals surface area contributed by atoms with Crippen molar-refractivity contribution in [3.63, 3.8) is 0 Å². The molecule has 168 valence electrons. The second-order valence-electron chi connectivity index (χ2n) is 7.22. The number of carbonyl (C=O) groups is 2. The molecule has 1 aromatic heterocycles. The van der Waals surface area contributed by atoms with Crippen LogP contribution in [0, 0.1) is 6.92 Å². The van der Waals surface area contributed by atoms with E-state index >= 15 is 0 Å². The van der Waals surface area contributed by atoms with Crippen molar-refractivity contribution in [1.82, 2.24) is 20.1 Å². The molecule has 1 atom stereocenters. The quantitative estimate of drug-likeness (QED) is 0.447. The van der Waals surface area contributed by atoms with Gasteiger partial charge in [0.05, 0.1) is 11.8 Å². The van der Waals surface area contributed by atoms with Crippen molar-refractivity contribution in [2.24, 2.45) is 0 Å². The molecule has 0 spiro atoms. The van der Waals surface area contributed by atoms with Crippen molar-refractivity contribution in [2.45, 2.75) is 43.4 Å². The lowest BCUT2D eigenvalue weighted by Crippen LogP contribution is -2.28. The third kappa shape index (κ3) is 6.14. The zero-order valence-corrected chi connectivity index (χ0v) is 20.2. The Balaban J connectivity index is 1.61. The van der Waals surface area contributed by atoms with E-state index in [1.165, 1.54) is 11.8 Å². The van der Waals surface area contributed by atoms with Gasteiger partial charge in [0.15, 0.2) is 11.0 Å². The van der Waals surface area contributed by atoms with Crippen LogP contribution in [0.1, 0.15) is 41.6 Å². The molecular formula is C23H27N5O2S2. The predicted molar refractivity (Wildman–Crippen MR) is 130 cm³/mol. The van der Waals surface area contributed by atoms with Crippen LogP contribution in [0.25, 0.3) is 0 Å². The predicted octanol–water partition coefficient (Wildman–Crippen LogP) is 4.55. The largest absolute Gasteiger partial charge is 0.342 e. The van der Waals surface area contributed by atoms with Crippen LogP contribution in [0.2, 0.25) is 0 Å². The van der Waals surface area contributed by atoms with Gasteiger partial charge in [-0.1, -0.05) is 35.5 Å². The summed E-state index contributed by atoms with van der Waals surface area (Å²) in [5, 5.41) is 15.1. The lowest BCUT2D eigenvalue weighted by molar-refractivity contribution is -0.113. The van der Waals surface area contributed by atoms with E-state index in [0.717, 1.165) is 16.1 Å². The van der Waals surface area contributed by atoms with E-state index < -0.39 is 0 Å². The Labute approximate surface area is 196 Å². The van der Waals surface area contributed by atoms with Crippen molar-refractivity contribution >= 4 is 41.0 Å². The Morgan fingerprint density at radius 1 is 1.12 bits per heavy atom. The third-order valence-electron chi connectivity index (χ3n) is 4.80. The molecule has 2 N–H and O–H groups in total. The number of anilines is 1. The Bertz CT molecular complexity index is 1080. The highest BCUT2D eigenvalue weighted by Crippen LogP contribution is 2.22. The van der Waals surface area contributed by atoms with E-state index in [0.29, 0.717) is 23.1 Å². The zero-order valence-electron chi connectivity index (χ0n) is 18.6. The van der Waals surface area contributed by atoms with Gasteiger partial charge in [-0.25, -0.2) is 0 Å². The molecule has 2 amide bonds. The van der Waals surface area contributed by atoms with Gasteiger partial charge in [0, 0.05) is 22.7 Å². The highest BCUT2D eigenvalue weighted by molar-refractivity contribution is 7.99. The maximum atomic E-state index is 12.6. The molecule has 0 aliphatic heterocycles. The number of benzene rings is 2. The number of nitrogens with zero attached hydrogens (tertiary/aromatic N) is 3. The van der Waals surface area contributed by atoms with Gasteiger partial charge in [0.2, 0.25) is 5.91 Å². The minimum absolute atomic E-state index is 0.110. The maximum Gasteiger partial charge on any atom is 0.251 e. The van der Waals surface area contributed by atoms with Crippen molar-refractivity contribution in [1.29, 1.82) is 0 Å². The Morgan fingerprint density at radius 3 is 2.56 bits per heavy atom. The molecule has 0 aliphatic carbocycles. The van der Waals surface area contributed by atoms with E-state index in [1.807, 2.05) is 68.0 Å². The first-order valence-corrected chi connectivity index (χ1v) is 12.5. The zero-order chi connectivity index (χ0) is 23.1. The van der Waals surface area contributed by atoms with Crippen molar-refractivity contribution in [2.75, 3.05) is 17.3 Å². The fourth-order valence-corrected chi connectivity index (χ4v) is 4.37. The molecule has 2 aromatic carbocycles. The summed E-state index contributed by atoms with van der Waals surface area (Å²) in [5.41, 5.74) is 2.47. The summed E-state index contributed by atoms with van der Waals surface area (Å²) in [7, 11) is 0. The van der Waals surface area contributed by atoms with Crippen molar-refractivity contribution < 1.29 is 9.59 Å². The average molecular weight is 470 g/mol. The summed E-state index contributed by atoms with van der Waals surface area (Å²) in [6.07, 6.45) is 2.00. The minimum atomic E-state index is -0.325. The molecule has 32 heavy (non-hydrogen) atoms. The monoisotopic (exact) mass is 469 g/mol. The standard InChI is InChI=1S/C23H27N5O2S2/c1-5-28-21(16(3)24-22(30)17-11-9-15(2)10-12-17)26-27-23(28)32-14-20(29)25-18-7-6-8-19(13-18)31-4/h6-13,16H,5,14H2,1-4H3,(H,24,30)(H,25,29)/t16-/m1/s1. The first-order valence-electron chi connectivity index (χ1n) is 10.3. The summed E-state index contributed by atoms with van der Waals surface area (Å²) >= 11 is 2.95. The Morgan fingerprint density at radius 2 is 1.88 bits per heavy atom. The minimum Gasteiger partial charge on any atom is -0.342 e. The summed E-state index contributed by atoms with van der Waals surface area (Å²) in [4.78, 5) is 26.0. The number of hydrogen-bond donors (Lipinski definition) is 2. The molecule has 0 fully saturated rings. The van der Waals surface area contributed by atoms with Crippen LogP contribution in [0.5, 0.6) is 0 Å². The van der Waals surface area contributed by atoms with E-state index in [2.05, 4.69) is 20.8 Å². The molecule has 7 nitrogen and oxygen atoms in total. The number of hydrogen-bond acceptors (Lipinski definition) is 6. The highest BCUT2D eigenvalue weighted by atomic mass is 32.2. The lowest BCUT2D eigenvalue weighted by Gasteiger charge is -2.15. The smallest absolute Gasteiger partial charge is 0.251 e. The molecular weight excluding hydrogens is 442 g/mol. The first kappa shape index (κ1) is 23.9. The number of thioether (sulfide) groups is 2. The Kier molecular flexibility index (Phi) is 8.35. The summed E-state index contributed by atoms with van der Waals surface area (Å²) < 4.78 is 1.92. The van der Waals surface area contributed by atoms with Gasteiger partial charge in [-0.3, -0.25) is 9.59 Å². The number of aromatic nitrogens is 3. The summed E-state index contributed by atoms with van der Waals surface area (Å²) in [5.74, 6) is 0.597. The number of nitrogens with one attached hydrogen (secondary N) is 2. The third-order valence-corrected chi connectivity index (χ3v) is 6.49. The number of rotatable bonds is 9. The molecule has 0 saturated carbocycles. The van der Waals surface area contributed by atoms with Crippen LogP contribution in [-0.4, -0.2) is 38.6 Å². The van der Waals surface area contributed by atoms with Crippen LogP contribution in [0.15, 0.2) is 58.6 Å². The van der Waals surface area contributed by atoms with Crippen LogP contribution < -0.4 is 10.6 Å². The van der Waals surface area contributed by atoms with E-state index in [-0.39, 0.29) is 23.6 Å². The fourth-order valence-electron chi connectivity index (χ4n) is 3.10. The van der Waals surface area contributed by atoms with Crippen LogP contribution in [0.4, 0.5) is 5.69 Å². The van der Waals surface area contributed by atoms with Gasteiger partial charge in [0.25, 0.3) is 5.91 Å². The normalized spacial score (nSPS) is 11.8. The van der Waals surface area contributed by atoms with Gasteiger partial charge in [0.1, 0.15) is 0 Å². The number of aryl methyl sites for hydroxylation is 1. The van der Waals surface area contributed by atoms with Crippen molar-refractivity contribution in [3.05, 3.63) is 65.5 Å². The van der Waals surface area contributed by atoms with Gasteiger partial charge < -0.3 is 15.2 Å². The second kappa shape index (κ2) is 11.2. The van der Waals surface area contributed by atoms with Crippen LogP contribution in [-0.2, 0) is 11.3 Å². The number of carbonyl (C=O) groups excluding carboxylic acids is 2. The van der Waals surface area contributed by atoms with Gasteiger partial charge in [-0.2, -0.15) is 0 Å². The van der Waals surface area contributed by atoms with E-state index in [4.69, 9.17) is 0 Å². The van der Waals surface area contributed by atoms with E-state index in [1.54, 1.807) is 23.9 Å². The molecule has 3 rings (SSSR count). The maximum absolute atomic E-state index is 12.6. The second-order valence-corrected chi connectivity index (χ2v) is 9.04. The van der Waals surface area contributed by atoms with Crippen LogP contribution in [0.3, 0.4) is 0 Å². The van der Waals surface area contributed by atoms with Gasteiger partial charge >= 0.3 is 0 Å². The average Bonchev–Trinajstić information content (AvgIpc) is 3.21. The van der Waals surface area contributed by atoms with Gasteiger partial charge in [-0.15, -0.1) is 22.0 Å². The molecule has 0 aliphatic rings.